The van der Waals surface area contributed by atoms with Crippen LogP contribution in [-0.4, -0.2) is 34.9 Å². The average molecular weight is 205 g/mol. The van der Waals surface area contributed by atoms with Crippen LogP contribution < -0.4 is 5.73 Å². The quantitative estimate of drug-likeness (QED) is 0.729. The van der Waals surface area contributed by atoms with Crippen molar-refractivity contribution in [3.63, 3.8) is 0 Å². The predicted octanol–water partition coefficient (Wildman–Crippen LogP) is 0.563. The molecule has 0 spiro atoms. The van der Waals surface area contributed by atoms with Crippen molar-refractivity contribution in [2.24, 2.45) is 5.73 Å². The fourth-order valence-corrected chi connectivity index (χ4v) is 1.80. The van der Waals surface area contributed by atoms with Gasteiger partial charge in [0, 0.05) is 24.8 Å². The summed E-state index contributed by atoms with van der Waals surface area (Å²) in [6, 6.07) is 5.61. The predicted molar refractivity (Wildman–Crippen MR) is 57.5 cm³/mol. The molecule has 4 heteroatoms. The smallest absolute Gasteiger partial charge is 0.272 e. The lowest BCUT2D eigenvalue weighted by molar-refractivity contribution is 0.0785. The Labute approximate surface area is 89.1 Å². The number of aromatic nitrogens is 1. The van der Waals surface area contributed by atoms with Gasteiger partial charge >= 0.3 is 0 Å². The minimum Gasteiger partial charge on any atom is -0.336 e. The summed E-state index contributed by atoms with van der Waals surface area (Å²) in [5.41, 5.74) is 7.14. The Balaban J connectivity index is 2.14. The molecule has 1 aliphatic rings. The molecular weight excluding hydrogens is 190 g/mol. The highest BCUT2D eigenvalue weighted by atomic mass is 16.2. The molecule has 15 heavy (non-hydrogen) atoms. The number of amides is 1. The summed E-state index contributed by atoms with van der Waals surface area (Å²) in [6.07, 6.45) is 0.886. The van der Waals surface area contributed by atoms with Gasteiger partial charge in [-0.25, -0.2) is 4.98 Å². The van der Waals surface area contributed by atoms with Gasteiger partial charge < -0.3 is 10.6 Å². The van der Waals surface area contributed by atoms with Crippen molar-refractivity contribution in [2.45, 2.75) is 19.4 Å². The van der Waals surface area contributed by atoms with Crippen molar-refractivity contribution in [1.29, 1.82) is 0 Å². The van der Waals surface area contributed by atoms with E-state index >= 15 is 0 Å². The normalized spacial score (nSPS) is 20.7. The highest BCUT2D eigenvalue weighted by Gasteiger charge is 2.25. The largest absolute Gasteiger partial charge is 0.336 e. The second-order valence-electron chi connectivity index (χ2n) is 3.96. The van der Waals surface area contributed by atoms with E-state index in [1.165, 1.54) is 0 Å². The lowest BCUT2D eigenvalue weighted by Crippen LogP contribution is -2.32. The molecule has 4 nitrogen and oxygen atoms in total. The summed E-state index contributed by atoms with van der Waals surface area (Å²) in [5.74, 6) is -0.00773. The van der Waals surface area contributed by atoms with Crippen LogP contribution in [0.15, 0.2) is 18.2 Å². The first kappa shape index (κ1) is 10.1. The summed E-state index contributed by atoms with van der Waals surface area (Å²) in [7, 11) is 0. The summed E-state index contributed by atoms with van der Waals surface area (Å²) in [4.78, 5) is 17.9. The molecule has 1 unspecified atom stereocenters. The molecule has 1 atom stereocenters. The summed E-state index contributed by atoms with van der Waals surface area (Å²) in [6.45, 7) is 3.27. The Morgan fingerprint density at radius 2 is 2.40 bits per heavy atom. The Hall–Kier alpha value is -1.42. The third-order valence-corrected chi connectivity index (χ3v) is 2.62. The van der Waals surface area contributed by atoms with Crippen molar-refractivity contribution in [3.8, 4) is 0 Å². The zero-order valence-corrected chi connectivity index (χ0v) is 8.81. The van der Waals surface area contributed by atoms with E-state index in [1.807, 2.05) is 19.1 Å². The topological polar surface area (TPSA) is 59.2 Å². The van der Waals surface area contributed by atoms with Gasteiger partial charge in [-0.15, -0.1) is 0 Å². The number of nitrogens with two attached hydrogens (primary N) is 1. The van der Waals surface area contributed by atoms with Crippen molar-refractivity contribution < 1.29 is 4.79 Å². The van der Waals surface area contributed by atoms with E-state index in [9.17, 15) is 4.79 Å². The Bertz CT molecular complexity index is 378. The molecule has 1 saturated heterocycles. The third kappa shape index (κ3) is 2.15. The van der Waals surface area contributed by atoms with Crippen molar-refractivity contribution >= 4 is 5.91 Å². The number of aryl methyl sites for hydroxylation is 1. The minimum atomic E-state index is -0.00773. The van der Waals surface area contributed by atoms with Crippen LogP contribution in [0.4, 0.5) is 0 Å². The Morgan fingerprint density at radius 1 is 1.60 bits per heavy atom. The first-order valence-electron chi connectivity index (χ1n) is 5.15. The number of nitrogens with zero attached hydrogens (tertiary/aromatic N) is 2. The van der Waals surface area contributed by atoms with Crippen LogP contribution in [0.2, 0.25) is 0 Å². The molecule has 0 aromatic carbocycles. The third-order valence-electron chi connectivity index (χ3n) is 2.62. The fraction of sp³-hybridized carbons (Fsp3) is 0.455. The number of carbonyl (C=O) groups is 1. The van der Waals surface area contributed by atoms with Crippen LogP contribution in [0.3, 0.4) is 0 Å². The lowest BCUT2D eigenvalue weighted by Gasteiger charge is -2.15. The molecule has 0 radical (unpaired) electrons. The molecule has 1 aliphatic heterocycles. The van der Waals surface area contributed by atoms with Gasteiger partial charge in [-0.05, 0) is 25.5 Å². The molecular formula is C11H15N3O. The Kier molecular flexibility index (Phi) is 2.68. The molecule has 1 aromatic heterocycles. The zero-order chi connectivity index (χ0) is 10.8. The highest BCUT2D eigenvalue weighted by molar-refractivity contribution is 5.92. The highest BCUT2D eigenvalue weighted by Crippen LogP contribution is 2.11. The standard InChI is InChI=1S/C11H15N3O/c1-8-3-2-4-10(13-8)11(15)14-6-5-9(12)7-14/h2-4,9H,5-7,12H2,1H3. The second kappa shape index (κ2) is 3.98. The van der Waals surface area contributed by atoms with Gasteiger partial charge in [-0.1, -0.05) is 6.07 Å². The van der Waals surface area contributed by atoms with E-state index in [0.29, 0.717) is 12.2 Å². The molecule has 1 amide bonds. The van der Waals surface area contributed by atoms with E-state index < -0.39 is 0 Å². The molecule has 0 aliphatic carbocycles. The summed E-state index contributed by atoms with van der Waals surface area (Å²) >= 11 is 0. The van der Waals surface area contributed by atoms with Gasteiger partial charge in [0.2, 0.25) is 0 Å². The maximum Gasteiger partial charge on any atom is 0.272 e. The average Bonchev–Trinajstić information content (AvgIpc) is 2.64. The zero-order valence-electron chi connectivity index (χ0n) is 8.81. The molecule has 2 rings (SSSR count). The van der Waals surface area contributed by atoms with Crippen LogP contribution in [0.1, 0.15) is 22.6 Å². The van der Waals surface area contributed by atoms with Crippen LogP contribution in [0.5, 0.6) is 0 Å². The second-order valence-corrected chi connectivity index (χ2v) is 3.96. The van der Waals surface area contributed by atoms with Crippen molar-refractivity contribution in [2.75, 3.05) is 13.1 Å². The molecule has 0 bridgehead atoms. The van der Waals surface area contributed by atoms with E-state index in [2.05, 4.69) is 4.98 Å². The van der Waals surface area contributed by atoms with Gasteiger partial charge in [0.15, 0.2) is 0 Å². The van der Waals surface area contributed by atoms with E-state index in [0.717, 1.165) is 18.7 Å². The van der Waals surface area contributed by atoms with Crippen LogP contribution in [0.25, 0.3) is 0 Å². The Morgan fingerprint density at radius 3 is 3.00 bits per heavy atom. The number of rotatable bonds is 1. The summed E-state index contributed by atoms with van der Waals surface area (Å²) in [5, 5.41) is 0. The summed E-state index contributed by atoms with van der Waals surface area (Å²) < 4.78 is 0. The maximum atomic E-state index is 12.0. The van der Waals surface area contributed by atoms with E-state index in [1.54, 1.807) is 11.0 Å². The van der Waals surface area contributed by atoms with E-state index in [-0.39, 0.29) is 11.9 Å². The van der Waals surface area contributed by atoms with Gasteiger partial charge in [-0.3, -0.25) is 4.79 Å². The van der Waals surface area contributed by atoms with Crippen LogP contribution in [0, 0.1) is 6.92 Å². The van der Waals surface area contributed by atoms with Gasteiger partial charge in [-0.2, -0.15) is 0 Å². The molecule has 0 saturated carbocycles. The first-order chi connectivity index (χ1) is 7.16. The van der Waals surface area contributed by atoms with Gasteiger partial charge in [0.05, 0.1) is 0 Å². The molecule has 1 fully saturated rings. The first-order valence-corrected chi connectivity index (χ1v) is 5.15. The van der Waals surface area contributed by atoms with Gasteiger partial charge in [0.1, 0.15) is 5.69 Å². The number of hydrogen-bond acceptors (Lipinski definition) is 3. The number of pyridine rings is 1. The monoisotopic (exact) mass is 205 g/mol. The molecule has 80 valence electrons. The van der Waals surface area contributed by atoms with Crippen molar-refractivity contribution in [3.05, 3.63) is 29.6 Å². The fourth-order valence-electron chi connectivity index (χ4n) is 1.80. The van der Waals surface area contributed by atoms with E-state index in [4.69, 9.17) is 5.73 Å². The number of likely N-dealkylation sites (tertiary alicyclic amines) is 1. The maximum absolute atomic E-state index is 12.0. The van der Waals surface area contributed by atoms with Crippen molar-refractivity contribution in [1.82, 2.24) is 9.88 Å². The lowest BCUT2D eigenvalue weighted by atomic mass is 10.3. The SMILES string of the molecule is Cc1cccc(C(=O)N2CCC(N)C2)n1. The number of carbonyl (C=O) groups excluding carboxylic acids is 1. The van der Waals surface area contributed by atoms with Crippen LogP contribution >= 0.6 is 0 Å². The minimum absolute atomic E-state index is 0.00773. The van der Waals surface area contributed by atoms with Crippen LogP contribution in [-0.2, 0) is 0 Å². The molecule has 2 heterocycles. The van der Waals surface area contributed by atoms with Gasteiger partial charge in [0.25, 0.3) is 5.91 Å². The molecule has 1 aromatic rings. The molecule has 2 N–H and O–H groups in total. The number of hydrogen-bond donors (Lipinski definition) is 1.